The molecule has 0 bridgehead atoms. The normalized spacial score (nSPS) is 10.3. The van der Waals surface area contributed by atoms with Crippen LogP contribution >= 0.6 is 0 Å². The second-order valence-electron chi connectivity index (χ2n) is 6.48. The maximum absolute atomic E-state index is 12.7. The van der Waals surface area contributed by atoms with Gasteiger partial charge in [-0.1, -0.05) is 43.3 Å². The van der Waals surface area contributed by atoms with Gasteiger partial charge < -0.3 is 15.4 Å². The molecule has 0 aliphatic heterocycles. The Morgan fingerprint density at radius 3 is 2.24 bits per heavy atom. The first kappa shape index (κ1) is 20.1. The molecular formula is C23H23N3O3. The van der Waals surface area contributed by atoms with E-state index in [0.29, 0.717) is 11.4 Å². The lowest BCUT2D eigenvalue weighted by molar-refractivity contribution is 0.101. The number of benzene rings is 2. The first-order valence-corrected chi connectivity index (χ1v) is 9.34. The molecule has 0 spiro atoms. The summed E-state index contributed by atoms with van der Waals surface area (Å²) >= 11 is 0. The van der Waals surface area contributed by atoms with Gasteiger partial charge in [0, 0.05) is 5.69 Å². The first-order valence-electron chi connectivity index (χ1n) is 9.34. The fourth-order valence-corrected chi connectivity index (χ4v) is 3.00. The zero-order valence-electron chi connectivity index (χ0n) is 16.7. The van der Waals surface area contributed by atoms with Crippen LogP contribution in [0.1, 0.15) is 39.0 Å². The molecule has 2 aromatic carbocycles. The van der Waals surface area contributed by atoms with E-state index in [2.05, 4.69) is 15.6 Å². The molecule has 2 amide bonds. The maximum Gasteiger partial charge on any atom is 0.274 e. The van der Waals surface area contributed by atoms with Gasteiger partial charge in [-0.15, -0.1) is 0 Å². The largest absolute Gasteiger partial charge is 0.495 e. The van der Waals surface area contributed by atoms with Gasteiger partial charge in [0.15, 0.2) is 0 Å². The van der Waals surface area contributed by atoms with Crippen molar-refractivity contribution in [1.82, 2.24) is 4.98 Å². The van der Waals surface area contributed by atoms with E-state index >= 15 is 0 Å². The van der Waals surface area contributed by atoms with Crippen molar-refractivity contribution in [2.45, 2.75) is 20.3 Å². The van der Waals surface area contributed by atoms with Gasteiger partial charge in [-0.25, -0.2) is 4.98 Å². The van der Waals surface area contributed by atoms with Gasteiger partial charge in [0.05, 0.1) is 12.8 Å². The number of methoxy groups -OCH3 is 1. The van der Waals surface area contributed by atoms with E-state index in [1.54, 1.807) is 36.4 Å². The van der Waals surface area contributed by atoms with Crippen molar-refractivity contribution in [3.05, 3.63) is 83.2 Å². The Bertz CT molecular complexity index is 1050. The Morgan fingerprint density at radius 1 is 0.897 bits per heavy atom. The fraction of sp³-hybridized carbons (Fsp3) is 0.174. The van der Waals surface area contributed by atoms with Crippen molar-refractivity contribution in [3.63, 3.8) is 0 Å². The van der Waals surface area contributed by atoms with E-state index in [4.69, 9.17) is 4.74 Å². The summed E-state index contributed by atoms with van der Waals surface area (Å²) in [6, 6.07) is 17.8. The third-order valence-corrected chi connectivity index (χ3v) is 4.55. The van der Waals surface area contributed by atoms with Crippen molar-refractivity contribution >= 4 is 23.2 Å². The second kappa shape index (κ2) is 9.01. The van der Waals surface area contributed by atoms with Gasteiger partial charge in [-0.2, -0.15) is 0 Å². The Morgan fingerprint density at radius 2 is 1.55 bits per heavy atom. The molecule has 0 radical (unpaired) electrons. The van der Waals surface area contributed by atoms with Crippen LogP contribution in [0, 0.1) is 6.92 Å². The Hall–Kier alpha value is -3.67. The number of amides is 2. The number of hydrogen-bond acceptors (Lipinski definition) is 4. The summed E-state index contributed by atoms with van der Waals surface area (Å²) in [5, 5.41) is 5.69. The molecule has 3 rings (SSSR count). The highest BCUT2D eigenvalue weighted by Crippen LogP contribution is 2.24. The number of carbonyl (C=O) groups excluding carboxylic acids is 2. The summed E-state index contributed by atoms with van der Waals surface area (Å²) in [5.74, 6) is -0.239. The molecule has 0 aliphatic carbocycles. The molecule has 6 heteroatoms. The number of pyridine rings is 1. The van der Waals surface area contributed by atoms with Gasteiger partial charge in [0.2, 0.25) is 0 Å². The highest BCUT2D eigenvalue weighted by atomic mass is 16.5. The van der Waals surface area contributed by atoms with E-state index in [9.17, 15) is 9.59 Å². The van der Waals surface area contributed by atoms with Crippen LogP contribution in [0.3, 0.4) is 0 Å². The third-order valence-electron chi connectivity index (χ3n) is 4.55. The molecule has 6 nitrogen and oxygen atoms in total. The van der Waals surface area contributed by atoms with Crippen molar-refractivity contribution in [1.29, 1.82) is 0 Å². The number of rotatable bonds is 6. The molecule has 1 aromatic heterocycles. The van der Waals surface area contributed by atoms with Crippen LogP contribution in [0.2, 0.25) is 0 Å². The molecular weight excluding hydrogens is 366 g/mol. The molecule has 0 unspecified atom stereocenters. The number of para-hydroxylation sites is 3. The maximum atomic E-state index is 12.7. The lowest BCUT2D eigenvalue weighted by atomic mass is 10.1. The van der Waals surface area contributed by atoms with Crippen LogP contribution in [0.25, 0.3) is 0 Å². The van der Waals surface area contributed by atoms with Gasteiger partial charge >= 0.3 is 0 Å². The summed E-state index contributed by atoms with van der Waals surface area (Å²) in [7, 11) is 1.53. The molecule has 29 heavy (non-hydrogen) atoms. The number of hydrogen-bond donors (Lipinski definition) is 2. The topological polar surface area (TPSA) is 80.3 Å². The second-order valence-corrected chi connectivity index (χ2v) is 6.48. The molecule has 3 aromatic rings. The molecule has 0 saturated heterocycles. The van der Waals surface area contributed by atoms with Gasteiger partial charge in [0.1, 0.15) is 17.1 Å². The van der Waals surface area contributed by atoms with Gasteiger partial charge in [0.25, 0.3) is 11.8 Å². The van der Waals surface area contributed by atoms with Crippen LogP contribution in [-0.4, -0.2) is 23.9 Å². The quantitative estimate of drug-likeness (QED) is 0.652. The number of nitrogens with one attached hydrogen (secondary N) is 2. The molecule has 148 valence electrons. The molecule has 0 atom stereocenters. The van der Waals surface area contributed by atoms with Crippen LogP contribution in [0.15, 0.2) is 60.7 Å². The van der Waals surface area contributed by atoms with Gasteiger partial charge in [-0.05, 0) is 48.7 Å². The minimum atomic E-state index is -0.422. The van der Waals surface area contributed by atoms with Crippen molar-refractivity contribution in [3.8, 4) is 5.75 Å². The molecule has 0 aliphatic rings. The highest BCUT2D eigenvalue weighted by molar-refractivity contribution is 6.07. The van der Waals surface area contributed by atoms with E-state index < -0.39 is 5.91 Å². The highest BCUT2D eigenvalue weighted by Gasteiger charge is 2.15. The number of anilines is 2. The number of nitrogens with zero attached hydrogens (tertiary/aromatic N) is 1. The summed E-state index contributed by atoms with van der Waals surface area (Å²) in [4.78, 5) is 29.6. The fourth-order valence-electron chi connectivity index (χ4n) is 3.00. The SMILES string of the molecule is CCc1cccc(C)c1NC(=O)c1cccc(C(=O)Nc2ccccc2OC)n1. The standard InChI is InChI=1S/C23H23N3O3/c1-4-16-10-7-9-15(2)21(16)26-23(28)19-13-8-12-18(24-19)22(27)25-17-11-5-6-14-20(17)29-3/h5-14H,4H2,1-3H3,(H,25,27)(H,26,28). The zero-order valence-corrected chi connectivity index (χ0v) is 16.7. The van der Waals surface area contributed by atoms with Crippen LogP contribution in [0.5, 0.6) is 5.75 Å². The Labute approximate surface area is 169 Å². The molecule has 0 saturated carbocycles. The van der Waals surface area contributed by atoms with Gasteiger partial charge in [-0.3, -0.25) is 9.59 Å². The zero-order chi connectivity index (χ0) is 20.8. The molecule has 0 fully saturated rings. The van der Waals surface area contributed by atoms with Crippen LogP contribution in [0.4, 0.5) is 11.4 Å². The first-order chi connectivity index (χ1) is 14.0. The summed E-state index contributed by atoms with van der Waals surface area (Å²) in [6.07, 6.45) is 0.798. The predicted molar refractivity (Wildman–Crippen MR) is 114 cm³/mol. The number of carbonyl (C=O) groups is 2. The van der Waals surface area contributed by atoms with E-state index in [1.807, 2.05) is 38.1 Å². The Balaban J connectivity index is 1.80. The van der Waals surface area contributed by atoms with Crippen molar-refractivity contribution in [2.75, 3.05) is 17.7 Å². The third kappa shape index (κ3) is 4.60. The lowest BCUT2D eigenvalue weighted by Gasteiger charge is -2.13. The summed E-state index contributed by atoms with van der Waals surface area (Å²) < 4.78 is 5.24. The number of ether oxygens (including phenoxy) is 1. The molecule has 1 heterocycles. The predicted octanol–water partition coefficient (Wildman–Crippen LogP) is 4.47. The number of aryl methyl sites for hydroxylation is 2. The minimum Gasteiger partial charge on any atom is -0.495 e. The van der Waals surface area contributed by atoms with E-state index in [1.165, 1.54) is 7.11 Å². The van der Waals surface area contributed by atoms with Crippen molar-refractivity contribution in [2.24, 2.45) is 0 Å². The Kier molecular flexibility index (Phi) is 6.24. The van der Waals surface area contributed by atoms with Crippen molar-refractivity contribution < 1.29 is 14.3 Å². The number of aromatic nitrogens is 1. The lowest BCUT2D eigenvalue weighted by Crippen LogP contribution is -2.19. The van der Waals surface area contributed by atoms with E-state index in [0.717, 1.165) is 23.2 Å². The minimum absolute atomic E-state index is 0.143. The smallest absolute Gasteiger partial charge is 0.274 e. The summed E-state index contributed by atoms with van der Waals surface area (Å²) in [5.41, 5.74) is 3.65. The van der Waals surface area contributed by atoms with E-state index in [-0.39, 0.29) is 17.3 Å². The average molecular weight is 389 g/mol. The monoisotopic (exact) mass is 389 g/mol. The molecule has 2 N–H and O–H groups in total. The van der Waals surface area contributed by atoms with Crippen LogP contribution < -0.4 is 15.4 Å². The van der Waals surface area contributed by atoms with Crippen LogP contribution in [-0.2, 0) is 6.42 Å². The average Bonchev–Trinajstić information content (AvgIpc) is 2.75. The summed E-state index contributed by atoms with van der Waals surface area (Å²) in [6.45, 7) is 3.98.